The van der Waals surface area contributed by atoms with Gasteiger partial charge in [-0.1, -0.05) is 6.92 Å². The number of hydrogen-bond donors (Lipinski definition) is 2. The molecule has 1 aromatic heterocycles. The molecule has 1 unspecified atom stereocenters. The fourth-order valence-corrected chi connectivity index (χ4v) is 2.12. The molecule has 2 N–H and O–H groups in total. The van der Waals surface area contributed by atoms with Crippen molar-refractivity contribution >= 4 is 22.4 Å². The molecule has 112 valence electrons. The second-order valence-electron chi connectivity index (χ2n) is 5.19. The summed E-state index contributed by atoms with van der Waals surface area (Å²) in [6.45, 7) is 4.05. The number of rotatable bonds is 6. The maximum absolute atomic E-state index is 10.9. The summed E-state index contributed by atoms with van der Waals surface area (Å²) in [6.07, 6.45) is 2.77. The van der Waals surface area contributed by atoms with Gasteiger partial charge in [-0.2, -0.15) is 0 Å². The first-order valence-corrected chi connectivity index (χ1v) is 6.77. The summed E-state index contributed by atoms with van der Waals surface area (Å²) in [5, 5.41) is 24.0. The molecule has 0 saturated heterocycles. The highest BCUT2D eigenvalue weighted by atomic mass is 16.6. The zero-order valence-electron chi connectivity index (χ0n) is 12.0. The van der Waals surface area contributed by atoms with Crippen LogP contribution in [0.25, 0.3) is 10.9 Å². The SMILES string of the molecule is CCC(C)(CCO)Nc1ncnc2ccc([N+](=O)[O-])cc12. The van der Waals surface area contributed by atoms with Crippen LogP contribution in [0.4, 0.5) is 11.5 Å². The Morgan fingerprint density at radius 2 is 2.19 bits per heavy atom. The first kappa shape index (κ1) is 15.1. The van der Waals surface area contributed by atoms with E-state index >= 15 is 0 Å². The van der Waals surface area contributed by atoms with E-state index in [0.29, 0.717) is 23.1 Å². The van der Waals surface area contributed by atoms with E-state index in [9.17, 15) is 15.2 Å². The van der Waals surface area contributed by atoms with Crippen molar-refractivity contribution in [3.8, 4) is 0 Å². The van der Waals surface area contributed by atoms with E-state index in [1.807, 2.05) is 13.8 Å². The van der Waals surface area contributed by atoms with E-state index < -0.39 is 4.92 Å². The van der Waals surface area contributed by atoms with Crippen LogP contribution in [-0.2, 0) is 0 Å². The Labute approximate surface area is 122 Å². The molecule has 7 heteroatoms. The normalized spacial score (nSPS) is 13.9. The molecule has 0 spiro atoms. The largest absolute Gasteiger partial charge is 0.396 e. The number of anilines is 1. The van der Waals surface area contributed by atoms with Gasteiger partial charge < -0.3 is 10.4 Å². The number of nitro benzene ring substituents is 1. The van der Waals surface area contributed by atoms with Gasteiger partial charge in [0.1, 0.15) is 12.1 Å². The Morgan fingerprint density at radius 1 is 1.43 bits per heavy atom. The Hall–Kier alpha value is -2.28. The first-order valence-electron chi connectivity index (χ1n) is 6.77. The summed E-state index contributed by atoms with van der Waals surface area (Å²) in [6, 6.07) is 4.49. The molecule has 0 radical (unpaired) electrons. The minimum atomic E-state index is -0.442. The van der Waals surface area contributed by atoms with Crippen molar-refractivity contribution in [2.45, 2.75) is 32.2 Å². The zero-order chi connectivity index (χ0) is 15.5. The number of fused-ring (bicyclic) bond motifs is 1. The average Bonchev–Trinajstić information content (AvgIpc) is 2.47. The number of nitro groups is 1. The summed E-state index contributed by atoms with van der Waals surface area (Å²) in [4.78, 5) is 18.8. The number of nitrogens with zero attached hydrogens (tertiary/aromatic N) is 3. The van der Waals surface area contributed by atoms with E-state index in [1.54, 1.807) is 6.07 Å². The molecule has 1 heterocycles. The molecule has 0 amide bonds. The highest BCUT2D eigenvalue weighted by Gasteiger charge is 2.23. The van der Waals surface area contributed by atoms with Gasteiger partial charge in [-0.25, -0.2) is 9.97 Å². The minimum absolute atomic E-state index is 0.000657. The van der Waals surface area contributed by atoms with Gasteiger partial charge in [0.15, 0.2) is 0 Å². The fraction of sp³-hybridized carbons (Fsp3) is 0.429. The fourth-order valence-electron chi connectivity index (χ4n) is 2.12. The van der Waals surface area contributed by atoms with Gasteiger partial charge in [0.2, 0.25) is 0 Å². The summed E-state index contributed by atoms with van der Waals surface area (Å²) in [5.41, 5.74) is 0.307. The third-order valence-corrected chi connectivity index (χ3v) is 3.69. The average molecular weight is 290 g/mol. The van der Waals surface area contributed by atoms with Crippen LogP contribution in [-0.4, -0.2) is 32.1 Å². The molecule has 0 fully saturated rings. The molecule has 0 aliphatic heterocycles. The van der Waals surface area contributed by atoms with Crippen LogP contribution in [0.1, 0.15) is 26.7 Å². The van der Waals surface area contributed by atoms with Crippen molar-refractivity contribution in [1.82, 2.24) is 9.97 Å². The quantitative estimate of drug-likeness (QED) is 0.626. The lowest BCUT2D eigenvalue weighted by Gasteiger charge is -2.30. The van der Waals surface area contributed by atoms with Crippen LogP contribution < -0.4 is 5.32 Å². The van der Waals surface area contributed by atoms with Crippen LogP contribution in [0.3, 0.4) is 0 Å². The van der Waals surface area contributed by atoms with Crippen molar-refractivity contribution in [2.24, 2.45) is 0 Å². The van der Waals surface area contributed by atoms with Crippen LogP contribution in [0.2, 0.25) is 0 Å². The standard InChI is InChI=1S/C14H18N4O3/c1-3-14(2,6-7-19)17-13-11-8-10(18(20)21)4-5-12(11)15-9-16-13/h4-5,8-9,19H,3,6-7H2,1-2H3,(H,15,16,17). The molecule has 0 aliphatic rings. The number of aromatic nitrogens is 2. The Bertz CT molecular complexity index is 662. The van der Waals surface area contributed by atoms with Crippen molar-refractivity contribution in [3.05, 3.63) is 34.6 Å². The number of hydrogen-bond acceptors (Lipinski definition) is 6. The van der Waals surface area contributed by atoms with E-state index in [2.05, 4.69) is 15.3 Å². The molecule has 0 saturated carbocycles. The van der Waals surface area contributed by atoms with Gasteiger partial charge in [0.05, 0.1) is 10.4 Å². The summed E-state index contributed by atoms with van der Waals surface area (Å²) in [5.74, 6) is 0.543. The van der Waals surface area contributed by atoms with Crippen LogP contribution in [0, 0.1) is 10.1 Å². The highest BCUT2D eigenvalue weighted by Crippen LogP contribution is 2.28. The van der Waals surface area contributed by atoms with Crippen molar-refractivity contribution in [3.63, 3.8) is 0 Å². The van der Waals surface area contributed by atoms with E-state index in [-0.39, 0.29) is 17.8 Å². The number of non-ortho nitro benzene ring substituents is 1. The van der Waals surface area contributed by atoms with Crippen molar-refractivity contribution in [2.75, 3.05) is 11.9 Å². The zero-order valence-corrected chi connectivity index (χ0v) is 12.0. The number of benzene rings is 1. The van der Waals surface area contributed by atoms with E-state index in [4.69, 9.17) is 0 Å². The second kappa shape index (κ2) is 6.01. The molecule has 1 aromatic carbocycles. The van der Waals surface area contributed by atoms with Gasteiger partial charge in [0, 0.05) is 29.7 Å². The predicted molar refractivity (Wildman–Crippen MR) is 80.2 cm³/mol. The van der Waals surface area contributed by atoms with Gasteiger partial charge in [-0.05, 0) is 25.8 Å². The first-order chi connectivity index (χ1) is 9.99. The summed E-state index contributed by atoms with van der Waals surface area (Å²) < 4.78 is 0. The van der Waals surface area contributed by atoms with E-state index in [0.717, 1.165) is 6.42 Å². The molecule has 2 aromatic rings. The molecule has 2 rings (SSSR count). The van der Waals surface area contributed by atoms with Gasteiger partial charge in [0.25, 0.3) is 5.69 Å². The third kappa shape index (κ3) is 3.25. The Balaban J connectivity index is 2.47. The topological polar surface area (TPSA) is 101 Å². The molecule has 21 heavy (non-hydrogen) atoms. The molecule has 7 nitrogen and oxygen atoms in total. The summed E-state index contributed by atoms with van der Waals surface area (Å²) >= 11 is 0. The highest BCUT2D eigenvalue weighted by molar-refractivity contribution is 5.90. The maximum atomic E-state index is 10.9. The predicted octanol–water partition coefficient (Wildman–Crippen LogP) is 2.50. The van der Waals surface area contributed by atoms with Crippen LogP contribution in [0.15, 0.2) is 24.5 Å². The number of nitrogens with one attached hydrogen (secondary N) is 1. The van der Waals surface area contributed by atoms with Crippen LogP contribution >= 0.6 is 0 Å². The maximum Gasteiger partial charge on any atom is 0.270 e. The minimum Gasteiger partial charge on any atom is -0.396 e. The molecule has 1 atom stereocenters. The van der Waals surface area contributed by atoms with Crippen molar-refractivity contribution < 1.29 is 10.0 Å². The summed E-state index contributed by atoms with van der Waals surface area (Å²) in [7, 11) is 0. The number of aliphatic hydroxyl groups is 1. The van der Waals surface area contributed by atoms with Gasteiger partial charge >= 0.3 is 0 Å². The Morgan fingerprint density at radius 3 is 2.81 bits per heavy atom. The lowest BCUT2D eigenvalue weighted by atomic mass is 9.94. The number of aliphatic hydroxyl groups excluding tert-OH is 1. The van der Waals surface area contributed by atoms with Crippen molar-refractivity contribution in [1.29, 1.82) is 0 Å². The lowest BCUT2D eigenvalue weighted by Crippen LogP contribution is -2.35. The van der Waals surface area contributed by atoms with Gasteiger partial charge in [-0.15, -0.1) is 0 Å². The third-order valence-electron chi connectivity index (χ3n) is 3.69. The molecular weight excluding hydrogens is 272 g/mol. The molecular formula is C14H18N4O3. The Kier molecular flexibility index (Phi) is 4.32. The van der Waals surface area contributed by atoms with Crippen LogP contribution in [0.5, 0.6) is 0 Å². The van der Waals surface area contributed by atoms with Gasteiger partial charge in [-0.3, -0.25) is 10.1 Å². The van der Waals surface area contributed by atoms with E-state index in [1.165, 1.54) is 18.5 Å². The smallest absolute Gasteiger partial charge is 0.270 e. The second-order valence-corrected chi connectivity index (χ2v) is 5.19. The molecule has 0 aliphatic carbocycles. The lowest BCUT2D eigenvalue weighted by molar-refractivity contribution is -0.384. The monoisotopic (exact) mass is 290 g/mol. The molecule has 0 bridgehead atoms.